The highest BCUT2D eigenvalue weighted by Gasteiger charge is 2.03. The first kappa shape index (κ1) is 44.9. The van der Waals surface area contributed by atoms with Crippen LogP contribution in [0.1, 0.15) is 226 Å². The number of quaternary nitrogens is 1. The van der Waals surface area contributed by atoms with Crippen LogP contribution >= 0.6 is 0 Å². The highest BCUT2D eigenvalue weighted by Crippen LogP contribution is 2.15. The van der Waals surface area contributed by atoms with Crippen LogP contribution in [0, 0.1) is 0 Å². The van der Waals surface area contributed by atoms with Gasteiger partial charge in [-0.25, -0.2) is 0 Å². The Morgan fingerprint density at radius 3 is 0.957 bits per heavy atom. The Hall–Kier alpha value is -1.10. The number of amides is 2. The van der Waals surface area contributed by atoms with Gasteiger partial charge in [0, 0.05) is 25.8 Å². The van der Waals surface area contributed by atoms with Crippen molar-refractivity contribution in [2.24, 2.45) is 0 Å². The topological polar surface area (TPSA) is 74.8 Å². The number of hydrogen-bond acceptors (Lipinski definition) is 2. The number of nitrogens with one attached hydrogen (secondary N) is 2. The lowest BCUT2D eigenvalue weighted by molar-refractivity contribution is -0.652. The Morgan fingerprint density at radius 2 is 0.630 bits per heavy atom. The number of rotatable bonds is 39. The molecule has 5 heteroatoms. The van der Waals surface area contributed by atoms with Crippen LogP contribution in [0.15, 0.2) is 0 Å². The SMILES string of the molecule is CCCCCCCCCCCCCCCCCC(=O)NCCC[NH2+]CCNC(=O)CCCCCCCCCCCCCCCCC. The van der Waals surface area contributed by atoms with E-state index >= 15 is 0 Å². The molecule has 4 N–H and O–H groups in total. The van der Waals surface area contributed by atoms with Crippen molar-refractivity contribution >= 4 is 11.8 Å². The van der Waals surface area contributed by atoms with Gasteiger partial charge < -0.3 is 16.0 Å². The summed E-state index contributed by atoms with van der Waals surface area (Å²) < 4.78 is 0. The summed E-state index contributed by atoms with van der Waals surface area (Å²) in [6.45, 7) is 7.98. The van der Waals surface area contributed by atoms with Gasteiger partial charge in [-0.3, -0.25) is 9.59 Å². The quantitative estimate of drug-likeness (QED) is 0.0579. The largest absolute Gasteiger partial charge is 0.356 e. The maximum atomic E-state index is 12.1. The Balaban J connectivity index is 3.24. The smallest absolute Gasteiger partial charge is 0.220 e. The third-order valence-electron chi connectivity index (χ3n) is 9.59. The maximum Gasteiger partial charge on any atom is 0.220 e. The summed E-state index contributed by atoms with van der Waals surface area (Å²) in [7, 11) is 0. The fourth-order valence-electron chi connectivity index (χ4n) is 6.42. The fourth-order valence-corrected chi connectivity index (χ4v) is 6.42. The zero-order valence-electron chi connectivity index (χ0n) is 31.6. The standard InChI is InChI=1S/C41H83N3O2/c1-3-5-7-9-11-13-15-17-19-21-23-25-27-29-31-34-40(45)43-37-33-36-42-38-39-44-41(46)35-32-30-28-26-24-22-20-18-16-14-12-10-8-6-4-2/h42H,3-39H2,1-2H3,(H,43,45)(H,44,46)/p+1. The molecule has 0 rings (SSSR count). The van der Waals surface area contributed by atoms with Crippen LogP contribution < -0.4 is 16.0 Å². The van der Waals surface area contributed by atoms with E-state index in [9.17, 15) is 9.59 Å². The molecule has 0 fully saturated rings. The monoisotopic (exact) mass is 651 g/mol. The van der Waals surface area contributed by atoms with Gasteiger partial charge >= 0.3 is 0 Å². The molecule has 0 aromatic carbocycles. The molecule has 0 bridgehead atoms. The van der Waals surface area contributed by atoms with E-state index in [-0.39, 0.29) is 11.8 Å². The molecule has 0 saturated heterocycles. The van der Waals surface area contributed by atoms with Crippen LogP contribution in [-0.4, -0.2) is 38.0 Å². The second-order valence-electron chi connectivity index (χ2n) is 14.3. The van der Waals surface area contributed by atoms with Gasteiger partial charge in [0.2, 0.25) is 11.8 Å². The van der Waals surface area contributed by atoms with E-state index in [0.29, 0.717) is 12.8 Å². The van der Waals surface area contributed by atoms with Gasteiger partial charge in [0.05, 0.1) is 19.6 Å². The van der Waals surface area contributed by atoms with Crippen LogP contribution in [0.2, 0.25) is 0 Å². The van der Waals surface area contributed by atoms with E-state index in [1.807, 2.05) is 0 Å². The number of nitrogens with two attached hydrogens (primary N) is 1. The van der Waals surface area contributed by atoms with Crippen molar-refractivity contribution in [1.82, 2.24) is 10.6 Å². The molecule has 0 aliphatic rings. The van der Waals surface area contributed by atoms with Gasteiger partial charge in [-0.2, -0.15) is 0 Å². The van der Waals surface area contributed by atoms with Crippen molar-refractivity contribution in [3.8, 4) is 0 Å². The fraction of sp³-hybridized carbons (Fsp3) is 0.951. The molecular formula is C41H84N3O2+. The third-order valence-corrected chi connectivity index (χ3v) is 9.59. The number of carbonyl (C=O) groups excluding carboxylic acids is 2. The first-order chi connectivity index (χ1) is 22.7. The van der Waals surface area contributed by atoms with E-state index < -0.39 is 0 Å². The molecule has 0 radical (unpaired) electrons. The normalized spacial score (nSPS) is 11.3. The molecule has 0 spiro atoms. The summed E-state index contributed by atoms with van der Waals surface area (Å²) in [6, 6.07) is 0. The lowest BCUT2D eigenvalue weighted by Crippen LogP contribution is -2.86. The maximum absolute atomic E-state index is 12.1. The predicted molar refractivity (Wildman–Crippen MR) is 201 cm³/mol. The first-order valence-electron chi connectivity index (χ1n) is 21.1. The van der Waals surface area contributed by atoms with E-state index in [1.165, 1.54) is 180 Å². The van der Waals surface area contributed by atoms with Crippen molar-refractivity contribution < 1.29 is 14.9 Å². The van der Waals surface area contributed by atoms with Crippen LogP contribution in [0.25, 0.3) is 0 Å². The second-order valence-corrected chi connectivity index (χ2v) is 14.3. The average molecular weight is 651 g/mol. The van der Waals surface area contributed by atoms with Crippen molar-refractivity contribution in [3.05, 3.63) is 0 Å². The van der Waals surface area contributed by atoms with Crippen molar-refractivity contribution in [2.75, 3.05) is 26.2 Å². The molecule has 0 heterocycles. The van der Waals surface area contributed by atoms with E-state index in [2.05, 4.69) is 29.8 Å². The Bertz CT molecular complexity index is 561. The molecule has 0 unspecified atom stereocenters. The van der Waals surface area contributed by atoms with Gasteiger partial charge in [-0.15, -0.1) is 0 Å². The van der Waals surface area contributed by atoms with Crippen LogP contribution in [-0.2, 0) is 9.59 Å². The first-order valence-corrected chi connectivity index (χ1v) is 21.1. The highest BCUT2D eigenvalue weighted by atomic mass is 16.2. The van der Waals surface area contributed by atoms with Gasteiger partial charge in [-0.05, 0) is 12.8 Å². The second kappa shape index (κ2) is 40.1. The zero-order chi connectivity index (χ0) is 33.4. The lowest BCUT2D eigenvalue weighted by atomic mass is 10.0. The van der Waals surface area contributed by atoms with E-state index in [4.69, 9.17) is 0 Å². The minimum absolute atomic E-state index is 0.203. The van der Waals surface area contributed by atoms with Crippen LogP contribution in [0.3, 0.4) is 0 Å². The number of unbranched alkanes of at least 4 members (excludes halogenated alkanes) is 28. The zero-order valence-corrected chi connectivity index (χ0v) is 31.6. The molecule has 46 heavy (non-hydrogen) atoms. The molecule has 0 aromatic heterocycles. The summed E-state index contributed by atoms with van der Waals surface area (Å²) in [5.74, 6) is 0.412. The van der Waals surface area contributed by atoms with Gasteiger partial charge in [0.25, 0.3) is 0 Å². The molecule has 5 nitrogen and oxygen atoms in total. The minimum Gasteiger partial charge on any atom is -0.356 e. The molecule has 0 aliphatic heterocycles. The Morgan fingerprint density at radius 1 is 0.348 bits per heavy atom. The lowest BCUT2D eigenvalue weighted by Gasteiger charge is -2.07. The van der Waals surface area contributed by atoms with Crippen molar-refractivity contribution in [3.63, 3.8) is 0 Å². The van der Waals surface area contributed by atoms with E-state index in [0.717, 1.165) is 45.4 Å². The predicted octanol–water partition coefficient (Wildman–Crippen LogP) is 10.7. The summed E-state index contributed by atoms with van der Waals surface area (Å²) >= 11 is 0. The number of carbonyl (C=O) groups is 2. The molecule has 2 amide bonds. The van der Waals surface area contributed by atoms with Gasteiger partial charge in [0.15, 0.2) is 0 Å². The Labute approximate surface area is 288 Å². The number of hydrogen-bond donors (Lipinski definition) is 3. The van der Waals surface area contributed by atoms with Crippen LogP contribution in [0.5, 0.6) is 0 Å². The summed E-state index contributed by atoms with van der Waals surface area (Å²) in [6.07, 6.45) is 42.9. The third kappa shape index (κ3) is 39.1. The van der Waals surface area contributed by atoms with Crippen LogP contribution in [0.4, 0.5) is 0 Å². The average Bonchev–Trinajstić information content (AvgIpc) is 3.05. The minimum atomic E-state index is 0.203. The summed E-state index contributed by atoms with van der Waals surface area (Å²) in [5.41, 5.74) is 0. The molecular weight excluding hydrogens is 566 g/mol. The summed E-state index contributed by atoms with van der Waals surface area (Å²) in [5, 5.41) is 8.38. The molecule has 274 valence electrons. The molecule has 0 aromatic rings. The van der Waals surface area contributed by atoms with Crippen molar-refractivity contribution in [2.45, 2.75) is 226 Å². The van der Waals surface area contributed by atoms with Crippen molar-refractivity contribution in [1.29, 1.82) is 0 Å². The van der Waals surface area contributed by atoms with Gasteiger partial charge in [0.1, 0.15) is 0 Å². The van der Waals surface area contributed by atoms with Gasteiger partial charge in [-0.1, -0.05) is 194 Å². The highest BCUT2D eigenvalue weighted by molar-refractivity contribution is 5.76. The molecule has 0 saturated carbocycles. The Kier molecular flexibility index (Phi) is 39.1. The molecule has 0 atom stereocenters. The summed E-state index contributed by atoms with van der Waals surface area (Å²) in [4.78, 5) is 24.1. The van der Waals surface area contributed by atoms with E-state index in [1.54, 1.807) is 0 Å². The molecule has 0 aliphatic carbocycles.